The number of rotatable bonds is 5. The molecule has 0 amide bonds. The van der Waals surface area contributed by atoms with Crippen LogP contribution in [0.1, 0.15) is 12.0 Å². The summed E-state index contributed by atoms with van der Waals surface area (Å²) in [7, 11) is 0. The number of β-amino-alcohol motifs (C(OH)–C–C–N with tert-alkyl or cyclic N) is 1. The van der Waals surface area contributed by atoms with E-state index in [9.17, 15) is 5.11 Å². The maximum atomic E-state index is 10.8. The van der Waals surface area contributed by atoms with Gasteiger partial charge in [0.15, 0.2) is 0 Å². The van der Waals surface area contributed by atoms with Gasteiger partial charge in [-0.15, -0.1) is 0 Å². The molecule has 21 heavy (non-hydrogen) atoms. The third-order valence-corrected chi connectivity index (χ3v) is 4.06. The Kier molecular flexibility index (Phi) is 4.23. The highest BCUT2D eigenvalue weighted by Gasteiger charge is 2.37. The van der Waals surface area contributed by atoms with Crippen LogP contribution < -0.4 is 4.74 Å². The third kappa shape index (κ3) is 3.43. The van der Waals surface area contributed by atoms with Crippen molar-refractivity contribution in [3.05, 3.63) is 66.2 Å². The Bertz CT molecular complexity index is 558. The van der Waals surface area contributed by atoms with Gasteiger partial charge >= 0.3 is 0 Å². The van der Waals surface area contributed by atoms with Gasteiger partial charge in [0.25, 0.3) is 0 Å². The van der Waals surface area contributed by atoms with Crippen molar-refractivity contribution < 1.29 is 9.84 Å². The van der Waals surface area contributed by atoms with E-state index in [-0.39, 0.29) is 0 Å². The van der Waals surface area contributed by atoms with Gasteiger partial charge in [0.05, 0.1) is 0 Å². The van der Waals surface area contributed by atoms with E-state index in [2.05, 4.69) is 4.90 Å². The molecule has 3 rings (SSSR count). The van der Waals surface area contributed by atoms with Gasteiger partial charge in [-0.25, -0.2) is 0 Å². The summed E-state index contributed by atoms with van der Waals surface area (Å²) in [6.45, 7) is 3.07. The number of ether oxygens (including phenoxy) is 1. The largest absolute Gasteiger partial charge is 0.492 e. The smallest absolute Gasteiger partial charge is 0.119 e. The van der Waals surface area contributed by atoms with Crippen LogP contribution in [0.5, 0.6) is 5.75 Å². The molecule has 1 N–H and O–H groups in total. The fourth-order valence-corrected chi connectivity index (χ4v) is 2.86. The zero-order valence-corrected chi connectivity index (χ0v) is 12.1. The standard InChI is InChI=1S/C18H21NO2/c20-18(16-7-3-1-4-8-16)11-12-19(15-18)13-14-21-17-9-5-2-6-10-17/h1-10,20H,11-15H2. The molecule has 110 valence electrons. The molecular formula is C18H21NO2. The van der Waals surface area contributed by atoms with Crippen molar-refractivity contribution in [2.45, 2.75) is 12.0 Å². The van der Waals surface area contributed by atoms with E-state index in [1.54, 1.807) is 0 Å². The summed E-state index contributed by atoms with van der Waals surface area (Å²) in [5.74, 6) is 0.898. The summed E-state index contributed by atoms with van der Waals surface area (Å²) in [6, 6.07) is 19.8. The van der Waals surface area contributed by atoms with Crippen molar-refractivity contribution in [3.63, 3.8) is 0 Å². The van der Waals surface area contributed by atoms with Crippen molar-refractivity contribution in [2.24, 2.45) is 0 Å². The van der Waals surface area contributed by atoms with E-state index < -0.39 is 5.60 Å². The first-order valence-electron chi connectivity index (χ1n) is 7.44. The molecule has 3 nitrogen and oxygen atoms in total. The Morgan fingerprint density at radius 1 is 1.00 bits per heavy atom. The molecule has 3 heteroatoms. The molecule has 0 aliphatic carbocycles. The summed E-state index contributed by atoms with van der Waals surface area (Å²) in [6.07, 6.45) is 0.780. The molecule has 2 aromatic carbocycles. The predicted molar refractivity (Wildman–Crippen MR) is 83.3 cm³/mol. The number of likely N-dealkylation sites (tertiary alicyclic amines) is 1. The van der Waals surface area contributed by atoms with Gasteiger partial charge in [-0.2, -0.15) is 0 Å². The maximum Gasteiger partial charge on any atom is 0.119 e. The van der Waals surface area contributed by atoms with E-state index in [0.29, 0.717) is 13.2 Å². The Labute approximate surface area is 125 Å². The minimum absolute atomic E-state index is 0.648. The predicted octanol–water partition coefficient (Wildman–Crippen LogP) is 2.66. The minimum Gasteiger partial charge on any atom is -0.492 e. The molecule has 0 spiro atoms. The molecular weight excluding hydrogens is 262 g/mol. The fourth-order valence-electron chi connectivity index (χ4n) is 2.86. The Morgan fingerprint density at radius 2 is 1.67 bits per heavy atom. The summed E-state index contributed by atoms with van der Waals surface area (Å²) in [5, 5.41) is 10.8. The number of hydrogen-bond donors (Lipinski definition) is 1. The van der Waals surface area contributed by atoms with Crippen molar-refractivity contribution in [1.29, 1.82) is 0 Å². The number of hydrogen-bond acceptors (Lipinski definition) is 3. The maximum absolute atomic E-state index is 10.8. The van der Waals surface area contributed by atoms with Gasteiger partial charge in [-0.1, -0.05) is 48.5 Å². The molecule has 1 saturated heterocycles. The molecule has 1 aliphatic heterocycles. The van der Waals surface area contributed by atoms with Crippen LogP contribution >= 0.6 is 0 Å². The molecule has 0 saturated carbocycles. The lowest BCUT2D eigenvalue weighted by Gasteiger charge is -2.24. The molecule has 1 unspecified atom stereocenters. The zero-order valence-electron chi connectivity index (χ0n) is 12.1. The second kappa shape index (κ2) is 6.29. The number of benzene rings is 2. The highest BCUT2D eigenvalue weighted by Crippen LogP contribution is 2.31. The molecule has 1 aliphatic rings. The second-order valence-electron chi connectivity index (χ2n) is 5.59. The Hall–Kier alpha value is -1.84. The molecule has 0 bridgehead atoms. The van der Waals surface area contributed by atoms with Crippen LogP contribution in [0.4, 0.5) is 0 Å². The lowest BCUT2D eigenvalue weighted by molar-refractivity contribution is 0.0447. The summed E-state index contributed by atoms with van der Waals surface area (Å²) in [5.41, 5.74) is 0.296. The lowest BCUT2D eigenvalue weighted by Crippen LogP contribution is -2.32. The van der Waals surface area contributed by atoms with Crippen molar-refractivity contribution in [1.82, 2.24) is 4.90 Å². The van der Waals surface area contributed by atoms with Crippen LogP contribution in [-0.2, 0) is 5.60 Å². The Balaban J connectivity index is 1.51. The van der Waals surface area contributed by atoms with Gasteiger partial charge in [0, 0.05) is 19.6 Å². The molecule has 0 aromatic heterocycles. The summed E-state index contributed by atoms with van der Waals surface area (Å²) < 4.78 is 5.72. The average Bonchev–Trinajstić information content (AvgIpc) is 2.92. The van der Waals surface area contributed by atoms with Crippen molar-refractivity contribution in [2.75, 3.05) is 26.2 Å². The second-order valence-corrected chi connectivity index (χ2v) is 5.59. The number of nitrogens with zero attached hydrogens (tertiary/aromatic N) is 1. The summed E-state index contributed by atoms with van der Waals surface area (Å²) >= 11 is 0. The molecule has 2 aromatic rings. The normalized spacial score (nSPS) is 22.3. The van der Waals surface area contributed by atoms with Crippen LogP contribution in [0.2, 0.25) is 0 Å². The SMILES string of the molecule is OC1(c2ccccc2)CCN(CCOc2ccccc2)C1. The topological polar surface area (TPSA) is 32.7 Å². The zero-order chi connectivity index (χ0) is 14.5. The van der Waals surface area contributed by atoms with E-state index in [4.69, 9.17) is 4.74 Å². The van der Waals surface area contributed by atoms with E-state index >= 15 is 0 Å². The van der Waals surface area contributed by atoms with E-state index in [1.165, 1.54) is 0 Å². The van der Waals surface area contributed by atoms with Crippen molar-refractivity contribution >= 4 is 0 Å². The van der Waals surface area contributed by atoms with Gasteiger partial charge in [0.1, 0.15) is 18.0 Å². The fraction of sp³-hybridized carbons (Fsp3) is 0.333. The first-order valence-corrected chi connectivity index (χ1v) is 7.44. The van der Waals surface area contributed by atoms with Crippen LogP contribution in [0.3, 0.4) is 0 Å². The van der Waals surface area contributed by atoms with Crippen molar-refractivity contribution in [3.8, 4) is 5.75 Å². The number of aliphatic hydroxyl groups is 1. The van der Waals surface area contributed by atoms with Crippen LogP contribution in [0.15, 0.2) is 60.7 Å². The number of para-hydroxylation sites is 1. The van der Waals surface area contributed by atoms with E-state index in [0.717, 1.165) is 30.8 Å². The monoisotopic (exact) mass is 283 g/mol. The van der Waals surface area contributed by atoms with Crippen LogP contribution in [0.25, 0.3) is 0 Å². The first kappa shape index (κ1) is 14.1. The molecule has 1 atom stereocenters. The highest BCUT2D eigenvalue weighted by atomic mass is 16.5. The quantitative estimate of drug-likeness (QED) is 0.915. The van der Waals surface area contributed by atoms with Gasteiger partial charge in [-0.3, -0.25) is 4.90 Å². The van der Waals surface area contributed by atoms with Crippen LogP contribution in [-0.4, -0.2) is 36.2 Å². The van der Waals surface area contributed by atoms with E-state index in [1.807, 2.05) is 60.7 Å². The van der Waals surface area contributed by atoms with Crippen LogP contribution in [0, 0.1) is 0 Å². The molecule has 0 radical (unpaired) electrons. The third-order valence-electron chi connectivity index (χ3n) is 4.06. The van der Waals surface area contributed by atoms with Gasteiger partial charge < -0.3 is 9.84 Å². The highest BCUT2D eigenvalue weighted by molar-refractivity contribution is 5.24. The minimum atomic E-state index is -0.714. The van der Waals surface area contributed by atoms with Gasteiger partial charge in [-0.05, 0) is 24.1 Å². The average molecular weight is 283 g/mol. The first-order chi connectivity index (χ1) is 10.3. The lowest BCUT2D eigenvalue weighted by atomic mass is 9.93. The Morgan fingerprint density at radius 3 is 2.38 bits per heavy atom. The van der Waals surface area contributed by atoms with Gasteiger partial charge in [0.2, 0.25) is 0 Å². The molecule has 1 fully saturated rings. The summed E-state index contributed by atoms with van der Waals surface area (Å²) in [4.78, 5) is 2.26. The molecule has 1 heterocycles.